The number of nitrogens with two attached hydrogens (primary N) is 1. The fourth-order valence-electron chi connectivity index (χ4n) is 2.61. The fourth-order valence-corrected chi connectivity index (χ4v) is 2.61. The number of amides is 2. The molecule has 1 saturated carbocycles. The predicted molar refractivity (Wildman–Crippen MR) is 73.3 cm³/mol. The van der Waals surface area contributed by atoms with E-state index in [4.69, 9.17) is 5.73 Å². The topological polar surface area (TPSA) is 83.6 Å². The Morgan fingerprint density at radius 1 is 1.26 bits per heavy atom. The average molecular weight is 270 g/mol. The molecule has 0 spiro atoms. The quantitative estimate of drug-likeness (QED) is 0.728. The number of nitrogens with zero attached hydrogens (tertiary/aromatic N) is 1. The van der Waals surface area contributed by atoms with Gasteiger partial charge in [-0.2, -0.15) is 0 Å². The van der Waals surface area contributed by atoms with Crippen molar-refractivity contribution >= 4 is 11.8 Å². The Bertz CT molecular complexity index is 312. The lowest BCUT2D eigenvalue weighted by atomic mass is 9.82. The summed E-state index contributed by atoms with van der Waals surface area (Å²) >= 11 is 0. The highest BCUT2D eigenvalue weighted by Gasteiger charge is 2.33. The highest BCUT2D eigenvalue weighted by atomic mass is 16.3. The Balaban J connectivity index is 2.56. The van der Waals surface area contributed by atoms with Gasteiger partial charge in [0.05, 0.1) is 18.6 Å². The van der Waals surface area contributed by atoms with Crippen LogP contribution >= 0.6 is 0 Å². The van der Waals surface area contributed by atoms with Gasteiger partial charge in [0.25, 0.3) is 0 Å². The van der Waals surface area contributed by atoms with Crippen LogP contribution < -0.4 is 5.73 Å². The van der Waals surface area contributed by atoms with Gasteiger partial charge in [-0.15, -0.1) is 0 Å². The average Bonchev–Trinajstić information content (AvgIpc) is 2.34. The van der Waals surface area contributed by atoms with E-state index in [1.807, 2.05) is 6.92 Å². The summed E-state index contributed by atoms with van der Waals surface area (Å²) in [4.78, 5) is 24.7. The summed E-state index contributed by atoms with van der Waals surface area (Å²) in [5, 5.41) is 10.4. The number of primary amides is 1. The van der Waals surface area contributed by atoms with E-state index in [9.17, 15) is 14.7 Å². The highest BCUT2D eigenvalue weighted by Crippen LogP contribution is 2.31. The van der Waals surface area contributed by atoms with E-state index >= 15 is 0 Å². The van der Waals surface area contributed by atoms with Crippen molar-refractivity contribution in [1.29, 1.82) is 0 Å². The van der Waals surface area contributed by atoms with Gasteiger partial charge in [0.1, 0.15) is 0 Å². The van der Waals surface area contributed by atoms with Crippen LogP contribution in [0.5, 0.6) is 0 Å². The Morgan fingerprint density at radius 3 is 2.42 bits per heavy atom. The fraction of sp³-hybridized carbons (Fsp3) is 0.857. The second-order valence-electron chi connectivity index (χ2n) is 5.60. The second-order valence-corrected chi connectivity index (χ2v) is 5.60. The monoisotopic (exact) mass is 270 g/mol. The summed E-state index contributed by atoms with van der Waals surface area (Å²) in [5.74, 6) is -0.656. The van der Waals surface area contributed by atoms with Crippen molar-refractivity contribution < 1.29 is 14.7 Å². The molecular formula is C14H26N2O3. The molecule has 0 heterocycles. The van der Waals surface area contributed by atoms with Gasteiger partial charge in [-0.25, -0.2) is 0 Å². The molecule has 0 aromatic rings. The van der Waals surface area contributed by atoms with Crippen LogP contribution in [-0.2, 0) is 9.59 Å². The molecule has 1 rings (SSSR count). The van der Waals surface area contributed by atoms with E-state index in [0.717, 1.165) is 32.1 Å². The van der Waals surface area contributed by atoms with E-state index in [-0.39, 0.29) is 18.9 Å². The molecule has 5 heteroatoms. The normalized spacial score (nSPS) is 18.0. The largest absolute Gasteiger partial charge is 0.389 e. The van der Waals surface area contributed by atoms with Crippen LogP contribution in [0.15, 0.2) is 0 Å². The molecule has 5 nitrogen and oxygen atoms in total. The Hall–Kier alpha value is -1.10. The van der Waals surface area contributed by atoms with Crippen LogP contribution in [0.2, 0.25) is 0 Å². The van der Waals surface area contributed by atoms with E-state index in [0.29, 0.717) is 19.4 Å². The number of aliphatic hydroxyl groups is 1. The molecule has 1 fully saturated rings. The van der Waals surface area contributed by atoms with E-state index in [2.05, 4.69) is 0 Å². The lowest BCUT2D eigenvalue weighted by molar-refractivity contribution is -0.140. The van der Waals surface area contributed by atoms with E-state index in [1.165, 1.54) is 4.90 Å². The van der Waals surface area contributed by atoms with Gasteiger partial charge in [0.2, 0.25) is 11.8 Å². The summed E-state index contributed by atoms with van der Waals surface area (Å²) < 4.78 is 0. The number of unbranched alkanes of at least 4 members (excludes halogenated alkanes) is 1. The lowest BCUT2D eigenvalue weighted by Gasteiger charge is -2.33. The van der Waals surface area contributed by atoms with Gasteiger partial charge in [0.15, 0.2) is 0 Å². The van der Waals surface area contributed by atoms with Crippen molar-refractivity contribution in [2.75, 3.05) is 13.1 Å². The standard InChI is InChI=1S/C14H26N2O3/c1-2-3-9-16(11-12(15)17)13(18)10-14(19)7-5-4-6-8-14/h19H,2-11H2,1H3,(H2,15,17). The van der Waals surface area contributed by atoms with Crippen molar-refractivity contribution in [3.63, 3.8) is 0 Å². The third-order valence-electron chi connectivity index (χ3n) is 3.75. The summed E-state index contributed by atoms with van der Waals surface area (Å²) in [5.41, 5.74) is 4.30. The van der Waals surface area contributed by atoms with Crippen molar-refractivity contribution in [1.82, 2.24) is 4.90 Å². The molecule has 0 aromatic heterocycles. The molecule has 0 radical (unpaired) electrons. The molecule has 0 saturated heterocycles. The Labute approximate surface area is 115 Å². The summed E-state index contributed by atoms with van der Waals surface area (Å²) in [6.45, 7) is 2.52. The van der Waals surface area contributed by atoms with Crippen molar-refractivity contribution in [2.24, 2.45) is 5.73 Å². The number of hydrogen-bond acceptors (Lipinski definition) is 3. The van der Waals surface area contributed by atoms with Crippen LogP contribution in [-0.4, -0.2) is 40.5 Å². The maximum absolute atomic E-state index is 12.2. The molecule has 1 aliphatic carbocycles. The van der Waals surface area contributed by atoms with Gasteiger partial charge < -0.3 is 15.7 Å². The van der Waals surface area contributed by atoms with Gasteiger partial charge in [-0.3, -0.25) is 9.59 Å². The minimum Gasteiger partial charge on any atom is -0.389 e. The molecule has 3 N–H and O–H groups in total. The summed E-state index contributed by atoms with van der Waals surface area (Å²) in [7, 11) is 0. The molecule has 19 heavy (non-hydrogen) atoms. The molecule has 110 valence electrons. The van der Waals surface area contributed by atoms with Crippen molar-refractivity contribution in [3.05, 3.63) is 0 Å². The maximum Gasteiger partial charge on any atom is 0.237 e. The third-order valence-corrected chi connectivity index (χ3v) is 3.75. The molecule has 0 bridgehead atoms. The Morgan fingerprint density at radius 2 is 1.89 bits per heavy atom. The Kier molecular flexibility index (Phi) is 6.28. The molecule has 1 aliphatic rings. The van der Waals surface area contributed by atoms with Crippen LogP contribution in [0.3, 0.4) is 0 Å². The van der Waals surface area contributed by atoms with Crippen LogP contribution in [0, 0.1) is 0 Å². The lowest BCUT2D eigenvalue weighted by Crippen LogP contribution is -2.44. The minimum atomic E-state index is -0.878. The zero-order valence-corrected chi connectivity index (χ0v) is 11.9. The number of hydrogen-bond donors (Lipinski definition) is 2. The van der Waals surface area contributed by atoms with Crippen LogP contribution in [0.4, 0.5) is 0 Å². The smallest absolute Gasteiger partial charge is 0.237 e. The van der Waals surface area contributed by atoms with Crippen LogP contribution in [0.25, 0.3) is 0 Å². The summed E-state index contributed by atoms with van der Waals surface area (Å²) in [6.07, 6.45) is 6.32. The predicted octanol–water partition coefficient (Wildman–Crippen LogP) is 1.19. The second kappa shape index (κ2) is 7.48. The maximum atomic E-state index is 12.2. The van der Waals surface area contributed by atoms with Gasteiger partial charge >= 0.3 is 0 Å². The number of rotatable bonds is 7. The van der Waals surface area contributed by atoms with Crippen molar-refractivity contribution in [3.8, 4) is 0 Å². The van der Waals surface area contributed by atoms with Gasteiger partial charge in [-0.05, 0) is 19.3 Å². The first-order valence-electron chi connectivity index (χ1n) is 7.25. The van der Waals surface area contributed by atoms with Gasteiger partial charge in [0, 0.05) is 6.54 Å². The zero-order chi connectivity index (χ0) is 14.3. The summed E-state index contributed by atoms with van der Waals surface area (Å²) in [6, 6.07) is 0. The molecule has 2 amide bonds. The van der Waals surface area contributed by atoms with E-state index in [1.54, 1.807) is 0 Å². The first-order chi connectivity index (χ1) is 8.97. The molecule has 0 unspecified atom stereocenters. The molecular weight excluding hydrogens is 244 g/mol. The number of carbonyl (C=O) groups excluding carboxylic acids is 2. The van der Waals surface area contributed by atoms with Crippen LogP contribution in [0.1, 0.15) is 58.3 Å². The molecule has 0 aliphatic heterocycles. The first-order valence-corrected chi connectivity index (χ1v) is 7.25. The highest BCUT2D eigenvalue weighted by molar-refractivity contribution is 5.84. The van der Waals surface area contributed by atoms with E-state index < -0.39 is 11.5 Å². The molecule has 0 aromatic carbocycles. The molecule has 0 atom stereocenters. The number of carbonyl (C=O) groups is 2. The zero-order valence-electron chi connectivity index (χ0n) is 11.9. The SMILES string of the molecule is CCCCN(CC(N)=O)C(=O)CC1(O)CCCCC1. The van der Waals surface area contributed by atoms with Gasteiger partial charge in [-0.1, -0.05) is 32.6 Å². The minimum absolute atomic E-state index is 0.0467. The first kappa shape index (κ1) is 16.0. The van der Waals surface area contributed by atoms with Crippen molar-refractivity contribution in [2.45, 2.75) is 63.9 Å². The third kappa shape index (κ3) is 5.59.